The number of hydrogen-bond donors (Lipinski definition) is 2. The van der Waals surface area contributed by atoms with E-state index in [-0.39, 0.29) is 17.2 Å². The molecule has 128 valence electrons. The summed E-state index contributed by atoms with van der Waals surface area (Å²) in [6.45, 7) is 4.60. The minimum Gasteiger partial charge on any atom is -0.478 e. The second-order valence-electron chi connectivity index (χ2n) is 5.64. The zero-order valence-corrected chi connectivity index (χ0v) is 13.9. The summed E-state index contributed by atoms with van der Waals surface area (Å²) in [6, 6.07) is 8.30. The summed E-state index contributed by atoms with van der Waals surface area (Å²) in [4.78, 5) is 22.9. The normalized spacial score (nSPS) is 10.8. The molecule has 2 N–H and O–H groups in total. The van der Waals surface area contributed by atoms with E-state index in [1.54, 1.807) is 30.3 Å². The van der Waals surface area contributed by atoms with Crippen molar-refractivity contribution in [3.8, 4) is 0 Å². The predicted molar refractivity (Wildman–Crippen MR) is 89.3 cm³/mol. The number of hydrogen-bond acceptors (Lipinski definition) is 4. The molecule has 0 spiro atoms. The molecule has 1 aromatic heterocycles. The monoisotopic (exact) mass is 330 g/mol. The minimum absolute atomic E-state index is 0.220. The van der Waals surface area contributed by atoms with Crippen LogP contribution in [0.5, 0.6) is 0 Å². The van der Waals surface area contributed by atoms with Gasteiger partial charge in [0.2, 0.25) is 5.76 Å². The Morgan fingerprint density at radius 3 is 2.46 bits per heavy atom. The molecule has 0 unspecified atom stereocenters. The Bertz CT molecular complexity index is 687. The average molecular weight is 330 g/mol. The van der Waals surface area contributed by atoms with Crippen LogP contribution >= 0.6 is 0 Å². The molecule has 0 saturated heterocycles. The van der Waals surface area contributed by atoms with E-state index in [2.05, 4.69) is 24.3 Å². The molecule has 24 heavy (non-hydrogen) atoms. The van der Waals surface area contributed by atoms with Gasteiger partial charge in [-0.3, -0.25) is 4.79 Å². The fourth-order valence-electron chi connectivity index (χ4n) is 2.52. The van der Waals surface area contributed by atoms with E-state index < -0.39 is 5.97 Å². The highest BCUT2D eigenvalue weighted by molar-refractivity contribution is 5.91. The molecule has 0 saturated carbocycles. The first-order valence-corrected chi connectivity index (χ1v) is 8.12. The second-order valence-corrected chi connectivity index (χ2v) is 5.64. The summed E-state index contributed by atoms with van der Waals surface area (Å²) in [5.74, 6) is -0.712. The largest absolute Gasteiger partial charge is 0.478 e. The third kappa shape index (κ3) is 4.44. The fourth-order valence-corrected chi connectivity index (χ4v) is 2.52. The van der Waals surface area contributed by atoms with E-state index in [0.29, 0.717) is 18.9 Å². The lowest BCUT2D eigenvalue weighted by Gasteiger charge is -2.06. The fraction of sp³-hybridized carbons (Fsp3) is 0.389. The average Bonchev–Trinajstić information content (AvgIpc) is 3.06. The van der Waals surface area contributed by atoms with Crippen LogP contribution in [-0.4, -0.2) is 28.7 Å². The lowest BCUT2D eigenvalue weighted by Crippen LogP contribution is -2.25. The summed E-state index contributed by atoms with van der Waals surface area (Å²) < 4.78 is 5.13. The van der Waals surface area contributed by atoms with Gasteiger partial charge in [0.15, 0.2) is 0 Å². The van der Waals surface area contributed by atoms with E-state index in [9.17, 15) is 9.59 Å². The zero-order chi connectivity index (χ0) is 17.5. The Hall–Kier alpha value is -2.63. The van der Waals surface area contributed by atoms with Crippen LogP contribution in [0.3, 0.4) is 0 Å². The molecule has 1 amide bonds. The van der Waals surface area contributed by atoms with Gasteiger partial charge >= 0.3 is 5.97 Å². The SMILES string of the molecule is CCC(CC)c1cc(C(=O)NCCc2ccc(C(=O)O)cc2)on1. The van der Waals surface area contributed by atoms with Crippen molar-refractivity contribution in [2.75, 3.05) is 6.54 Å². The van der Waals surface area contributed by atoms with E-state index >= 15 is 0 Å². The maximum atomic E-state index is 12.1. The molecule has 0 radical (unpaired) electrons. The summed E-state index contributed by atoms with van der Waals surface area (Å²) >= 11 is 0. The van der Waals surface area contributed by atoms with Crippen LogP contribution < -0.4 is 5.32 Å². The van der Waals surface area contributed by atoms with E-state index in [1.165, 1.54) is 0 Å². The Balaban J connectivity index is 1.86. The van der Waals surface area contributed by atoms with E-state index in [4.69, 9.17) is 9.63 Å². The summed E-state index contributed by atoms with van der Waals surface area (Å²) in [5.41, 5.74) is 2.02. The van der Waals surface area contributed by atoms with Crippen molar-refractivity contribution in [1.29, 1.82) is 0 Å². The molecule has 0 atom stereocenters. The number of carbonyl (C=O) groups excluding carboxylic acids is 1. The number of carbonyl (C=O) groups is 2. The van der Waals surface area contributed by atoms with Gasteiger partial charge in [0.25, 0.3) is 5.91 Å². The van der Waals surface area contributed by atoms with Gasteiger partial charge in [0.05, 0.1) is 11.3 Å². The topological polar surface area (TPSA) is 92.4 Å². The van der Waals surface area contributed by atoms with E-state index in [0.717, 1.165) is 24.1 Å². The molecule has 6 heteroatoms. The van der Waals surface area contributed by atoms with Crippen LogP contribution in [0.25, 0.3) is 0 Å². The standard InChI is InChI=1S/C18H22N2O4/c1-3-13(4-2)15-11-16(24-20-15)17(21)19-10-9-12-5-7-14(8-6-12)18(22)23/h5-8,11,13H,3-4,9-10H2,1-2H3,(H,19,21)(H,22,23). The van der Waals surface area contributed by atoms with Gasteiger partial charge in [-0.05, 0) is 37.0 Å². The van der Waals surface area contributed by atoms with Crippen molar-refractivity contribution >= 4 is 11.9 Å². The molecule has 6 nitrogen and oxygen atoms in total. The molecule has 0 aliphatic rings. The van der Waals surface area contributed by atoms with Crippen LogP contribution in [-0.2, 0) is 6.42 Å². The van der Waals surface area contributed by atoms with Gasteiger partial charge in [-0.15, -0.1) is 0 Å². The van der Waals surface area contributed by atoms with Crippen LogP contribution in [0.1, 0.15) is 64.8 Å². The molecule has 2 aromatic rings. The van der Waals surface area contributed by atoms with Crippen LogP contribution in [0.2, 0.25) is 0 Å². The molecule has 0 fully saturated rings. The number of carboxylic acid groups (broad SMARTS) is 1. The molecule has 0 aliphatic heterocycles. The maximum Gasteiger partial charge on any atom is 0.335 e. The molecular formula is C18H22N2O4. The van der Waals surface area contributed by atoms with Gasteiger partial charge in [-0.25, -0.2) is 4.79 Å². The summed E-state index contributed by atoms with van der Waals surface area (Å²) in [7, 11) is 0. The molecular weight excluding hydrogens is 308 g/mol. The zero-order valence-electron chi connectivity index (χ0n) is 13.9. The van der Waals surface area contributed by atoms with E-state index in [1.807, 2.05) is 0 Å². The van der Waals surface area contributed by atoms with Crippen molar-refractivity contribution in [3.05, 3.63) is 52.9 Å². The summed E-state index contributed by atoms with van der Waals surface area (Å²) in [5, 5.41) is 15.6. The molecule has 0 bridgehead atoms. The number of amides is 1. The van der Waals surface area contributed by atoms with Gasteiger partial charge in [-0.1, -0.05) is 31.1 Å². The Morgan fingerprint density at radius 1 is 1.21 bits per heavy atom. The van der Waals surface area contributed by atoms with Crippen LogP contribution in [0, 0.1) is 0 Å². The number of rotatable bonds is 8. The highest BCUT2D eigenvalue weighted by atomic mass is 16.5. The third-order valence-electron chi connectivity index (χ3n) is 4.06. The lowest BCUT2D eigenvalue weighted by molar-refractivity contribution is 0.0696. The number of nitrogens with zero attached hydrogens (tertiary/aromatic N) is 1. The van der Waals surface area contributed by atoms with Crippen LogP contribution in [0.4, 0.5) is 0 Å². The van der Waals surface area contributed by atoms with Crippen LogP contribution in [0.15, 0.2) is 34.9 Å². The molecule has 1 heterocycles. The van der Waals surface area contributed by atoms with Crippen molar-refractivity contribution in [1.82, 2.24) is 10.5 Å². The number of nitrogens with one attached hydrogen (secondary N) is 1. The maximum absolute atomic E-state index is 12.1. The Morgan fingerprint density at radius 2 is 1.88 bits per heavy atom. The van der Waals surface area contributed by atoms with Crippen molar-refractivity contribution in [3.63, 3.8) is 0 Å². The molecule has 1 aromatic carbocycles. The number of aromatic carboxylic acids is 1. The van der Waals surface area contributed by atoms with Gasteiger partial charge < -0.3 is 14.9 Å². The number of aromatic nitrogens is 1. The van der Waals surface area contributed by atoms with Gasteiger partial charge in [-0.2, -0.15) is 0 Å². The predicted octanol–water partition coefficient (Wildman–Crippen LogP) is 3.25. The lowest BCUT2D eigenvalue weighted by atomic mass is 9.99. The van der Waals surface area contributed by atoms with Crippen molar-refractivity contribution < 1.29 is 19.2 Å². The second kappa shape index (κ2) is 8.29. The number of carboxylic acids is 1. The summed E-state index contributed by atoms with van der Waals surface area (Å²) in [6.07, 6.45) is 2.52. The van der Waals surface area contributed by atoms with Gasteiger partial charge in [0, 0.05) is 18.5 Å². The Kier molecular flexibility index (Phi) is 6.12. The van der Waals surface area contributed by atoms with Gasteiger partial charge in [0.1, 0.15) is 0 Å². The Labute approximate surface area is 140 Å². The third-order valence-corrected chi connectivity index (χ3v) is 4.06. The highest BCUT2D eigenvalue weighted by Gasteiger charge is 2.17. The van der Waals surface area contributed by atoms with Crippen molar-refractivity contribution in [2.24, 2.45) is 0 Å². The first-order chi connectivity index (χ1) is 11.5. The highest BCUT2D eigenvalue weighted by Crippen LogP contribution is 2.22. The quantitative estimate of drug-likeness (QED) is 0.775. The minimum atomic E-state index is -0.951. The number of benzene rings is 1. The smallest absolute Gasteiger partial charge is 0.335 e. The first kappa shape index (κ1) is 17.7. The molecule has 2 rings (SSSR count). The molecule has 0 aliphatic carbocycles. The van der Waals surface area contributed by atoms with Crippen molar-refractivity contribution in [2.45, 2.75) is 39.0 Å². The first-order valence-electron chi connectivity index (χ1n) is 8.12.